The Morgan fingerprint density at radius 2 is 1.03 bits per heavy atom. The quantitative estimate of drug-likeness (QED) is 0.379. The van der Waals surface area contributed by atoms with E-state index in [9.17, 15) is 0 Å². The number of rotatable bonds is 6. The molecule has 0 amide bonds. The van der Waals surface area contributed by atoms with Crippen molar-refractivity contribution in [3.63, 3.8) is 0 Å². The van der Waals surface area contributed by atoms with Gasteiger partial charge in [-0.05, 0) is 33.9 Å². The van der Waals surface area contributed by atoms with E-state index in [4.69, 9.17) is 0 Å². The van der Waals surface area contributed by atoms with Crippen LogP contribution in [0.25, 0.3) is 11.1 Å². The van der Waals surface area contributed by atoms with Crippen molar-refractivity contribution in [3.8, 4) is 11.1 Å². The lowest BCUT2D eigenvalue weighted by atomic mass is 9.44. The van der Waals surface area contributed by atoms with Gasteiger partial charge in [-0.2, -0.15) is 0 Å². The molecule has 1 nitrogen and oxygen atoms in total. The summed E-state index contributed by atoms with van der Waals surface area (Å²) >= 11 is 0. The summed E-state index contributed by atoms with van der Waals surface area (Å²) in [6.45, 7) is 20.8. The third-order valence-electron chi connectivity index (χ3n) is 9.62. The molecule has 3 aromatic carbocycles. The van der Waals surface area contributed by atoms with Crippen LogP contribution >= 0.6 is 0 Å². The van der Waals surface area contributed by atoms with Gasteiger partial charge in [0.25, 0.3) is 0 Å². The minimum atomic E-state index is -0.00227. The van der Waals surface area contributed by atoms with Gasteiger partial charge in [0.05, 0.1) is 6.54 Å². The summed E-state index contributed by atoms with van der Waals surface area (Å²) in [5, 5.41) is 0. The molecule has 4 rings (SSSR count). The molecule has 1 heterocycles. The number of quaternary nitrogens is 1. The first-order valence-electron chi connectivity index (χ1n) is 12.5. The van der Waals surface area contributed by atoms with Gasteiger partial charge in [-0.1, -0.05) is 117 Å². The van der Waals surface area contributed by atoms with Gasteiger partial charge >= 0.3 is 0 Å². The van der Waals surface area contributed by atoms with Crippen molar-refractivity contribution in [3.05, 3.63) is 84.4 Å². The highest BCUT2D eigenvalue weighted by molar-refractivity contribution is 5.84. The highest BCUT2D eigenvalue weighted by atomic mass is 15.2. The zero-order valence-corrected chi connectivity index (χ0v) is 21.9. The van der Waals surface area contributed by atoms with E-state index < -0.39 is 0 Å². The van der Waals surface area contributed by atoms with E-state index >= 15 is 0 Å². The number of hydrogen-bond donors (Lipinski definition) is 1. The fourth-order valence-corrected chi connectivity index (χ4v) is 6.18. The second-order valence-corrected chi connectivity index (χ2v) is 12.3. The maximum Gasteiger partial charge on any atom is 0.144 e. The van der Waals surface area contributed by atoms with Crippen LogP contribution in [-0.4, -0.2) is 6.54 Å². The zero-order chi connectivity index (χ0) is 24.1. The summed E-state index contributed by atoms with van der Waals surface area (Å²) in [4.78, 5) is 1.51. The van der Waals surface area contributed by atoms with Gasteiger partial charge in [-0.25, -0.2) is 0 Å². The largest absolute Gasteiger partial charge is 0.269 e. The van der Waals surface area contributed by atoms with Crippen molar-refractivity contribution in [2.45, 2.75) is 74.7 Å². The Kier molecular flexibility index (Phi) is 6.95. The van der Waals surface area contributed by atoms with E-state index in [0.717, 1.165) is 13.0 Å². The smallest absolute Gasteiger partial charge is 0.144 e. The van der Waals surface area contributed by atoms with Crippen LogP contribution in [0.2, 0.25) is 0 Å². The van der Waals surface area contributed by atoms with Crippen LogP contribution < -0.4 is 4.90 Å². The summed E-state index contributed by atoms with van der Waals surface area (Å²) in [5.41, 5.74) is 7.41. The Bertz CT molecular complexity index is 1070. The molecule has 0 radical (unpaired) electrons. The molecule has 1 unspecified atom stereocenters. The van der Waals surface area contributed by atoms with E-state index in [-0.39, 0.29) is 29.1 Å². The minimum absolute atomic E-state index is 0. The molecule has 0 bridgehead atoms. The van der Waals surface area contributed by atoms with Gasteiger partial charge in [0.15, 0.2) is 0 Å². The highest BCUT2D eigenvalue weighted by Crippen LogP contribution is 2.61. The summed E-state index contributed by atoms with van der Waals surface area (Å²) in [5.74, 6) is 0. The lowest BCUT2D eigenvalue weighted by Crippen LogP contribution is -3.01. The molecule has 0 aliphatic carbocycles. The lowest BCUT2D eigenvalue weighted by molar-refractivity contribution is -0.758. The van der Waals surface area contributed by atoms with Crippen molar-refractivity contribution in [2.24, 2.45) is 16.2 Å². The molecule has 0 saturated carbocycles. The SMILES string of the molecule is C.CC(C)(C)C(C)(C)C(C)(c1ccccc1)C(C)(C)CC[NH+]1c2ccccc2-c2ccccc21. The third-order valence-corrected chi connectivity index (χ3v) is 9.62. The van der Waals surface area contributed by atoms with Crippen molar-refractivity contribution < 1.29 is 4.90 Å². The summed E-state index contributed by atoms with van der Waals surface area (Å²) in [6.07, 6.45) is 1.13. The second-order valence-electron chi connectivity index (χ2n) is 12.3. The van der Waals surface area contributed by atoms with Crippen LogP contribution in [0.4, 0.5) is 11.4 Å². The third kappa shape index (κ3) is 3.93. The molecule has 1 aliphatic rings. The van der Waals surface area contributed by atoms with Crippen molar-refractivity contribution >= 4 is 11.4 Å². The Hall–Kier alpha value is -2.38. The normalized spacial score (nSPS) is 15.8. The van der Waals surface area contributed by atoms with Crippen LogP contribution in [0.1, 0.15) is 74.8 Å². The maximum absolute atomic E-state index is 2.52. The fourth-order valence-electron chi connectivity index (χ4n) is 6.18. The van der Waals surface area contributed by atoms with Gasteiger partial charge in [0, 0.05) is 35.1 Å². The molecular formula is C33H46N+. The molecule has 1 atom stereocenters. The summed E-state index contributed by atoms with van der Waals surface area (Å²) in [7, 11) is 0. The average molecular weight is 457 g/mol. The number of hydrogen-bond acceptors (Lipinski definition) is 0. The van der Waals surface area contributed by atoms with Crippen molar-refractivity contribution in [1.82, 2.24) is 0 Å². The fraction of sp³-hybridized carbons (Fsp3) is 0.455. The number of nitrogens with one attached hydrogen (secondary N) is 1. The van der Waals surface area contributed by atoms with Gasteiger partial charge in [-0.15, -0.1) is 0 Å². The molecule has 34 heavy (non-hydrogen) atoms. The van der Waals surface area contributed by atoms with Crippen LogP contribution in [-0.2, 0) is 5.41 Å². The highest BCUT2D eigenvalue weighted by Gasteiger charge is 2.56. The van der Waals surface area contributed by atoms with E-state index in [0.29, 0.717) is 0 Å². The van der Waals surface area contributed by atoms with E-state index in [2.05, 4.69) is 134 Å². The van der Waals surface area contributed by atoms with Crippen LogP contribution in [0.5, 0.6) is 0 Å². The second kappa shape index (κ2) is 9.00. The molecule has 1 N–H and O–H groups in total. The predicted molar refractivity (Wildman–Crippen MR) is 149 cm³/mol. The first-order chi connectivity index (χ1) is 15.4. The Balaban J connectivity index is 0.00000324. The Morgan fingerprint density at radius 1 is 0.588 bits per heavy atom. The van der Waals surface area contributed by atoms with E-state index in [1.807, 2.05) is 0 Å². The molecule has 0 spiro atoms. The van der Waals surface area contributed by atoms with Gasteiger partial charge in [-0.3, -0.25) is 4.90 Å². The molecule has 0 fully saturated rings. The molecule has 182 valence electrons. The molecule has 0 aromatic heterocycles. The first-order valence-corrected chi connectivity index (χ1v) is 12.5. The molecule has 3 aromatic rings. The van der Waals surface area contributed by atoms with Crippen molar-refractivity contribution in [2.75, 3.05) is 6.54 Å². The van der Waals surface area contributed by atoms with Gasteiger partial charge < -0.3 is 0 Å². The topological polar surface area (TPSA) is 4.44 Å². The van der Waals surface area contributed by atoms with E-state index in [1.54, 1.807) is 0 Å². The molecular weight excluding hydrogens is 410 g/mol. The van der Waals surface area contributed by atoms with Gasteiger partial charge in [0.1, 0.15) is 11.4 Å². The zero-order valence-electron chi connectivity index (χ0n) is 21.9. The summed E-state index contributed by atoms with van der Waals surface area (Å²) < 4.78 is 0. The molecule has 0 saturated heterocycles. The van der Waals surface area contributed by atoms with Crippen LogP contribution in [0, 0.1) is 16.2 Å². The van der Waals surface area contributed by atoms with Crippen molar-refractivity contribution in [1.29, 1.82) is 0 Å². The molecule has 1 heteroatoms. The van der Waals surface area contributed by atoms with Crippen LogP contribution in [0.15, 0.2) is 78.9 Å². The monoisotopic (exact) mass is 456 g/mol. The maximum atomic E-state index is 2.52. The lowest BCUT2D eigenvalue weighted by Gasteiger charge is -2.60. The number of fused-ring (bicyclic) bond motifs is 3. The average Bonchev–Trinajstić information content (AvgIpc) is 3.10. The van der Waals surface area contributed by atoms with Gasteiger partial charge in [0.2, 0.25) is 0 Å². The Morgan fingerprint density at radius 3 is 1.50 bits per heavy atom. The van der Waals surface area contributed by atoms with E-state index in [1.165, 1.54) is 33.0 Å². The standard InChI is InChI=1S/C32H41N.CH4/c1-29(2,3)31(6,7)32(8,24-16-10-9-11-17-24)30(4,5)22-23-33-27-20-14-12-18-25(27)26-19-13-15-21-28(26)33;/h9-21H,22-23H2,1-8H3;1H4/p+1. The van der Waals surface area contributed by atoms with Crippen LogP contribution in [0.3, 0.4) is 0 Å². The summed E-state index contributed by atoms with van der Waals surface area (Å²) in [6, 6.07) is 29.2. The molecule has 1 aliphatic heterocycles. The Labute approximate surface area is 209 Å². The predicted octanol–water partition coefficient (Wildman–Crippen LogP) is 8.60. The first kappa shape index (κ1) is 26.2. The number of benzene rings is 3. The minimum Gasteiger partial charge on any atom is -0.269 e. The number of para-hydroxylation sites is 2.